The van der Waals surface area contributed by atoms with Crippen LogP contribution in [0.15, 0.2) is 55.4 Å². The Hall–Kier alpha value is -2.22. The Bertz CT molecular complexity index is 566. The third-order valence-electron chi connectivity index (χ3n) is 3.19. The van der Waals surface area contributed by atoms with Crippen molar-refractivity contribution in [2.24, 2.45) is 0 Å². The van der Waals surface area contributed by atoms with Crippen LogP contribution in [0.2, 0.25) is 0 Å². The number of carbonyl (C=O) groups is 1. The van der Waals surface area contributed by atoms with Crippen molar-refractivity contribution in [3.63, 3.8) is 0 Å². The molecule has 1 heterocycles. The minimum absolute atomic E-state index is 0.136. The Morgan fingerprint density at radius 2 is 1.65 bits per heavy atom. The Labute approximate surface area is 99.6 Å². The van der Waals surface area contributed by atoms with Gasteiger partial charge in [0, 0.05) is 18.0 Å². The molecule has 1 atom stereocenters. The highest BCUT2D eigenvalue weighted by Gasteiger charge is 2.34. The van der Waals surface area contributed by atoms with E-state index >= 15 is 0 Å². The van der Waals surface area contributed by atoms with Crippen LogP contribution < -0.4 is 0 Å². The second-order valence-corrected chi connectivity index (χ2v) is 4.15. The zero-order valence-corrected chi connectivity index (χ0v) is 9.26. The van der Waals surface area contributed by atoms with Crippen molar-refractivity contribution >= 4 is 11.4 Å². The zero-order valence-electron chi connectivity index (χ0n) is 9.26. The number of carbonyl (C=O) groups excluding carboxylic acids is 1. The molecule has 0 spiro atoms. The number of allylic oxidation sites excluding steroid dienone is 1. The van der Waals surface area contributed by atoms with Crippen LogP contribution in [-0.2, 0) is 0 Å². The third kappa shape index (κ3) is 1.41. The highest BCUT2D eigenvalue weighted by molar-refractivity contribution is 6.16. The van der Waals surface area contributed by atoms with Crippen molar-refractivity contribution in [1.29, 1.82) is 0 Å². The van der Waals surface area contributed by atoms with Crippen LogP contribution in [0.1, 0.15) is 27.4 Å². The lowest BCUT2D eigenvalue weighted by Crippen LogP contribution is -2.05. The summed E-state index contributed by atoms with van der Waals surface area (Å²) in [6, 6.07) is 11.4. The Morgan fingerprint density at radius 1 is 1.00 bits per heavy atom. The number of fused-ring (bicyclic) bond motifs is 1. The highest BCUT2D eigenvalue weighted by atomic mass is 16.1. The molecular weight excluding hydrogens is 210 g/mol. The van der Waals surface area contributed by atoms with Gasteiger partial charge < -0.3 is 0 Å². The topological polar surface area (TPSA) is 30.0 Å². The van der Waals surface area contributed by atoms with Crippen LogP contribution in [0.4, 0.5) is 0 Å². The van der Waals surface area contributed by atoms with Crippen LogP contribution in [-0.4, -0.2) is 10.8 Å². The van der Waals surface area contributed by atoms with Gasteiger partial charge in [-0.25, -0.2) is 0 Å². The first kappa shape index (κ1) is 9.97. The van der Waals surface area contributed by atoms with Gasteiger partial charge >= 0.3 is 0 Å². The van der Waals surface area contributed by atoms with E-state index in [1.54, 1.807) is 12.4 Å². The number of pyridine rings is 1. The first-order valence-electron chi connectivity index (χ1n) is 5.51. The van der Waals surface area contributed by atoms with Crippen molar-refractivity contribution in [3.05, 3.63) is 72.1 Å². The lowest BCUT2D eigenvalue weighted by atomic mass is 9.93. The van der Waals surface area contributed by atoms with E-state index in [2.05, 4.69) is 11.6 Å². The first-order valence-corrected chi connectivity index (χ1v) is 5.51. The molecule has 0 saturated carbocycles. The summed E-state index contributed by atoms with van der Waals surface area (Å²) < 4.78 is 0. The zero-order chi connectivity index (χ0) is 11.8. The molecule has 0 N–H and O–H groups in total. The Balaban J connectivity index is 2.13. The summed E-state index contributed by atoms with van der Waals surface area (Å²) in [6.07, 6.45) is 3.41. The van der Waals surface area contributed by atoms with E-state index in [0.29, 0.717) is 0 Å². The smallest absolute Gasteiger partial charge is 0.175 e. The number of aromatic nitrogens is 1. The molecular formula is C15H11NO. The molecule has 2 nitrogen and oxygen atoms in total. The van der Waals surface area contributed by atoms with Crippen molar-refractivity contribution in [1.82, 2.24) is 4.98 Å². The summed E-state index contributed by atoms with van der Waals surface area (Å²) in [5.74, 6) is -0.104. The summed E-state index contributed by atoms with van der Waals surface area (Å²) >= 11 is 0. The standard InChI is InChI=1S/C15H11NO/c1-10-12-4-2-3-5-13(12)15(17)14(10)11-6-8-16-9-7-11/h2-9,14H,1H2. The second-order valence-electron chi connectivity index (χ2n) is 4.15. The molecule has 0 bridgehead atoms. The van der Waals surface area contributed by atoms with Gasteiger partial charge in [-0.3, -0.25) is 9.78 Å². The van der Waals surface area contributed by atoms with Gasteiger partial charge in [-0.1, -0.05) is 30.8 Å². The molecule has 1 aliphatic rings. The summed E-state index contributed by atoms with van der Waals surface area (Å²) in [5.41, 5.74) is 3.60. The number of rotatable bonds is 1. The fourth-order valence-corrected chi connectivity index (χ4v) is 2.36. The molecule has 3 rings (SSSR count). The predicted octanol–water partition coefficient (Wildman–Crippen LogP) is 3.07. The van der Waals surface area contributed by atoms with E-state index in [9.17, 15) is 4.79 Å². The SMILES string of the molecule is C=C1c2ccccc2C(=O)C1c1ccncc1. The fraction of sp³-hybridized carbons (Fsp3) is 0.0667. The van der Waals surface area contributed by atoms with E-state index in [4.69, 9.17) is 0 Å². The average molecular weight is 221 g/mol. The van der Waals surface area contributed by atoms with Gasteiger partial charge in [-0.05, 0) is 28.8 Å². The molecule has 82 valence electrons. The number of hydrogen-bond donors (Lipinski definition) is 0. The summed E-state index contributed by atoms with van der Waals surface area (Å²) in [4.78, 5) is 16.3. The molecule has 0 aliphatic heterocycles. The molecule has 0 saturated heterocycles. The average Bonchev–Trinajstić information content (AvgIpc) is 2.64. The van der Waals surface area contributed by atoms with Crippen LogP contribution in [0.25, 0.3) is 5.57 Å². The van der Waals surface area contributed by atoms with E-state index in [0.717, 1.165) is 22.3 Å². The van der Waals surface area contributed by atoms with Crippen LogP contribution in [0.3, 0.4) is 0 Å². The lowest BCUT2D eigenvalue weighted by Gasteiger charge is -2.09. The van der Waals surface area contributed by atoms with Crippen LogP contribution >= 0.6 is 0 Å². The summed E-state index contributed by atoms with van der Waals surface area (Å²) in [5, 5.41) is 0. The molecule has 1 aliphatic carbocycles. The van der Waals surface area contributed by atoms with Crippen molar-refractivity contribution < 1.29 is 4.79 Å². The minimum Gasteiger partial charge on any atom is -0.293 e. The second kappa shape index (κ2) is 3.67. The molecule has 0 radical (unpaired) electrons. The van der Waals surface area contributed by atoms with Gasteiger partial charge in [0.05, 0.1) is 5.92 Å². The van der Waals surface area contributed by atoms with Gasteiger partial charge in [-0.2, -0.15) is 0 Å². The largest absolute Gasteiger partial charge is 0.293 e. The van der Waals surface area contributed by atoms with E-state index < -0.39 is 0 Å². The number of Topliss-reactive ketones (excluding diaryl/α,β-unsaturated/α-hetero) is 1. The quantitative estimate of drug-likeness (QED) is 0.740. The molecule has 0 fully saturated rings. The van der Waals surface area contributed by atoms with Gasteiger partial charge in [0.25, 0.3) is 0 Å². The van der Waals surface area contributed by atoms with Crippen molar-refractivity contribution in [2.45, 2.75) is 5.92 Å². The molecule has 1 aromatic heterocycles. The van der Waals surface area contributed by atoms with E-state index in [1.165, 1.54) is 0 Å². The number of ketones is 1. The first-order chi connectivity index (χ1) is 8.29. The molecule has 2 aromatic rings. The van der Waals surface area contributed by atoms with Crippen molar-refractivity contribution in [2.75, 3.05) is 0 Å². The molecule has 2 heteroatoms. The Kier molecular flexibility index (Phi) is 2.15. The normalized spacial score (nSPS) is 18.2. The van der Waals surface area contributed by atoms with Crippen LogP contribution in [0.5, 0.6) is 0 Å². The van der Waals surface area contributed by atoms with Crippen molar-refractivity contribution in [3.8, 4) is 0 Å². The maximum Gasteiger partial charge on any atom is 0.175 e. The fourth-order valence-electron chi connectivity index (χ4n) is 2.36. The number of hydrogen-bond acceptors (Lipinski definition) is 2. The Morgan fingerprint density at radius 3 is 2.29 bits per heavy atom. The lowest BCUT2D eigenvalue weighted by molar-refractivity contribution is 0.0986. The monoisotopic (exact) mass is 221 g/mol. The van der Waals surface area contributed by atoms with Gasteiger partial charge in [0.2, 0.25) is 0 Å². The third-order valence-corrected chi connectivity index (χ3v) is 3.19. The molecule has 1 aromatic carbocycles. The molecule has 17 heavy (non-hydrogen) atoms. The molecule has 1 unspecified atom stereocenters. The number of benzene rings is 1. The van der Waals surface area contributed by atoms with Gasteiger partial charge in [0.15, 0.2) is 5.78 Å². The molecule has 0 amide bonds. The van der Waals surface area contributed by atoms with E-state index in [-0.39, 0.29) is 11.7 Å². The maximum atomic E-state index is 12.3. The van der Waals surface area contributed by atoms with Gasteiger partial charge in [0.1, 0.15) is 0 Å². The van der Waals surface area contributed by atoms with E-state index in [1.807, 2.05) is 36.4 Å². The summed E-state index contributed by atoms with van der Waals surface area (Å²) in [6.45, 7) is 4.06. The van der Waals surface area contributed by atoms with Crippen LogP contribution in [0, 0.1) is 0 Å². The number of nitrogens with zero attached hydrogens (tertiary/aromatic N) is 1. The maximum absolute atomic E-state index is 12.3. The van der Waals surface area contributed by atoms with Gasteiger partial charge in [-0.15, -0.1) is 0 Å². The minimum atomic E-state index is -0.240. The predicted molar refractivity (Wildman–Crippen MR) is 66.8 cm³/mol. The summed E-state index contributed by atoms with van der Waals surface area (Å²) in [7, 11) is 0. The highest BCUT2D eigenvalue weighted by Crippen LogP contribution is 2.41.